The summed E-state index contributed by atoms with van der Waals surface area (Å²) in [7, 11) is 1.51. The molecule has 1 amide bonds. The van der Waals surface area contributed by atoms with Crippen molar-refractivity contribution in [1.82, 2.24) is 29.3 Å². The number of anilines is 2. The van der Waals surface area contributed by atoms with E-state index in [0.717, 1.165) is 0 Å². The molecule has 0 aliphatic carbocycles. The maximum Gasteiger partial charge on any atom is 0.306 e. The molecule has 37 heavy (non-hydrogen) atoms. The number of aromatic nitrogens is 6. The minimum Gasteiger partial charge on any atom is -0.383 e. The van der Waals surface area contributed by atoms with Crippen molar-refractivity contribution in [3.05, 3.63) is 79.0 Å². The predicted molar refractivity (Wildman–Crippen MR) is 137 cm³/mol. The SMILES string of the molecule is COCC#CC(=O)n1ccc(-n2nc(-c3ccc(C(=O)Nc4ccccn4)cc3)c3c(N)ncnc32)c1. The van der Waals surface area contributed by atoms with E-state index in [1.165, 1.54) is 18.0 Å². The van der Waals surface area contributed by atoms with Gasteiger partial charge in [-0.2, -0.15) is 5.10 Å². The molecule has 0 spiro atoms. The van der Waals surface area contributed by atoms with Gasteiger partial charge in [-0.3, -0.25) is 14.2 Å². The number of rotatable bonds is 5. The number of pyridine rings is 1. The Kier molecular flexibility index (Phi) is 6.39. The Morgan fingerprint density at radius 2 is 1.92 bits per heavy atom. The van der Waals surface area contributed by atoms with Gasteiger partial charge in [0.25, 0.3) is 5.91 Å². The number of amides is 1. The first-order chi connectivity index (χ1) is 18.0. The van der Waals surface area contributed by atoms with Crippen molar-refractivity contribution in [2.24, 2.45) is 0 Å². The van der Waals surface area contributed by atoms with E-state index in [1.807, 2.05) is 0 Å². The van der Waals surface area contributed by atoms with Crippen LogP contribution in [0.3, 0.4) is 0 Å². The molecule has 0 bridgehead atoms. The Labute approximate surface area is 210 Å². The summed E-state index contributed by atoms with van der Waals surface area (Å²) in [5, 5.41) is 8.03. The Balaban J connectivity index is 1.48. The summed E-state index contributed by atoms with van der Waals surface area (Å²) < 4.78 is 7.79. The van der Waals surface area contributed by atoms with Crippen LogP contribution in [0, 0.1) is 11.8 Å². The van der Waals surface area contributed by atoms with Crippen LogP contribution in [0.25, 0.3) is 28.0 Å². The van der Waals surface area contributed by atoms with Crippen molar-refractivity contribution in [3.63, 3.8) is 0 Å². The highest BCUT2D eigenvalue weighted by Crippen LogP contribution is 2.31. The van der Waals surface area contributed by atoms with Gasteiger partial charge in [-0.05, 0) is 36.3 Å². The van der Waals surface area contributed by atoms with Crippen LogP contribution >= 0.6 is 0 Å². The topological polar surface area (TPSA) is 143 Å². The lowest BCUT2D eigenvalue weighted by atomic mass is 10.1. The first-order valence-corrected chi connectivity index (χ1v) is 11.1. The molecule has 3 N–H and O–H groups in total. The largest absolute Gasteiger partial charge is 0.383 e. The van der Waals surface area contributed by atoms with Gasteiger partial charge in [-0.25, -0.2) is 19.6 Å². The zero-order valence-corrected chi connectivity index (χ0v) is 19.6. The Bertz CT molecular complexity index is 1660. The molecule has 4 heterocycles. The predicted octanol–water partition coefficient (Wildman–Crippen LogP) is 2.80. The molecule has 0 fully saturated rings. The number of fused-ring (bicyclic) bond motifs is 1. The number of nitrogens with one attached hydrogen (secondary N) is 1. The van der Waals surface area contributed by atoms with Crippen molar-refractivity contribution < 1.29 is 14.3 Å². The van der Waals surface area contributed by atoms with E-state index in [1.54, 1.807) is 71.8 Å². The fraction of sp³-hybridized carbons (Fsp3) is 0.0769. The van der Waals surface area contributed by atoms with Crippen LogP contribution in [-0.2, 0) is 4.74 Å². The average molecular weight is 492 g/mol. The highest BCUT2D eigenvalue weighted by molar-refractivity contribution is 6.04. The second-order valence-corrected chi connectivity index (χ2v) is 7.78. The quantitative estimate of drug-likeness (QED) is 0.357. The number of carbonyl (C=O) groups is 2. The van der Waals surface area contributed by atoms with Gasteiger partial charge >= 0.3 is 5.91 Å². The van der Waals surface area contributed by atoms with Crippen LogP contribution in [0.15, 0.2) is 73.4 Å². The molecule has 1 aromatic carbocycles. The maximum atomic E-state index is 12.6. The number of hydrogen-bond donors (Lipinski definition) is 2. The molecule has 0 radical (unpaired) electrons. The van der Waals surface area contributed by atoms with Gasteiger partial charge in [0.1, 0.15) is 30.3 Å². The van der Waals surface area contributed by atoms with Crippen LogP contribution < -0.4 is 11.1 Å². The zero-order valence-electron chi connectivity index (χ0n) is 19.6. The fourth-order valence-corrected chi connectivity index (χ4v) is 3.65. The second-order valence-electron chi connectivity index (χ2n) is 7.78. The molecule has 0 unspecified atom stereocenters. The molecule has 11 heteroatoms. The lowest BCUT2D eigenvalue weighted by Crippen LogP contribution is -2.12. The monoisotopic (exact) mass is 492 g/mol. The Morgan fingerprint density at radius 3 is 2.68 bits per heavy atom. The van der Waals surface area contributed by atoms with Crippen LogP contribution in [-0.4, -0.2) is 54.8 Å². The summed E-state index contributed by atoms with van der Waals surface area (Å²) in [6.45, 7) is 0.160. The number of hydrogen-bond acceptors (Lipinski definition) is 8. The van der Waals surface area contributed by atoms with Crippen LogP contribution in [0.4, 0.5) is 11.6 Å². The summed E-state index contributed by atoms with van der Waals surface area (Å²) in [5.41, 5.74) is 8.95. The highest BCUT2D eigenvalue weighted by atomic mass is 16.5. The van der Waals surface area contributed by atoms with Crippen molar-refractivity contribution >= 4 is 34.5 Å². The van der Waals surface area contributed by atoms with E-state index in [9.17, 15) is 9.59 Å². The molecule has 0 aliphatic heterocycles. The molecule has 5 aromatic rings. The van der Waals surface area contributed by atoms with Gasteiger partial charge in [-0.15, -0.1) is 0 Å². The first kappa shape index (κ1) is 23.4. The number of carbonyl (C=O) groups excluding carboxylic acids is 2. The summed E-state index contributed by atoms with van der Waals surface area (Å²) in [4.78, 5) is 37.5. The minimum absolute atomic E-state index is 0.160. The molecule has 0 aliphatic rings. The molecular weight excluding hydrogens is 472 g/mol. The van der Waals surface area contributed by atoms with Crippen molar-refractivity contribution in [3.8, 4) is 28.8 Å². The van der Waals surface area contributed by atoms with E-state index in [0.29, 0.717) is 39.4 Å². The average Bonchev–Trinajstić information content (AvgIpc) is 3.56. The minimum atomic E-state index is -0.409. The van der Waals surface area contributed by atoms with Crippen molar-refractivity contribution in [2.45, 2.75) is 0 Å². The fourth-order valence-electron chi connectivity index (χ4n) is 3.65. The lowest BCUT2D eigenvalue weighted by Gasteiger charge is -2.05. The number of nitrogens with zero attached hydrogens (tertiary/aromatic N) is 6. The molecule has 0 saturated heterocycles. The smallest absolute Gasteiger partial charge is 0.306 e. The summed E-state index contributed by atoms with van der Waals surface area (Å²) in [5.74, 6) is 5.16. The van der Waals surface area contributed by atoms with Gasteiger partial charge in [0.2, 0.25) is 0 Å². The van der Waals surface area contributed by atoms with Crippen molar-refractivity contribution in [1.29, 1.82) is 0 Å². The number of benzene rings is 1. The highest BCUT2D eigenvalue weighted by Gasteiger charge is 2.19. The normalized spacial score (nSPS) is 10.6. The van der Waals surface area contributed by atoms with E-state index in [2.05, 4.69) is 32.1 Å². The standard InChI is InChI=1S/C26H20N8O3/c1-37-14-4-6-21(35)33-13-11-19(15-33)34-25-22(24(27)29-16-30-25)23(32-34)17-7-9-18(10-8-17)26(36)31-20-5-2-3-12-28-20/h2-3,5,7-13,15-16H,14H2,1H3,(H2,27,29,30)(H,28,31,36). The Hall–Kier alpha value is -5.34. The number of methoxy groups -OCH3 is 1. The van der Waals surface area contributed by atoms with Gasteiger partial charge in [0, 0.05) is 36.8 Å². The second kappa shape index (κ2) is 10.1. The number of ether oxygens (including phenoxy) is 1. The third-order valence-electron chi connectivity index (χ3n) is 5.39. The first-order valence-electron chi connectivity index (χ1n) is 11.1. The molecule has 11 nitrogen and oxygen atoms in total. The molecule has 0 atom stereocenters. The molecule has 182 valence electrons. The number of nitrogen functional groups attached to an aromatic ring is 1. The summed E-state index contributed by atoms with van der Waals surface area (Å²) >= 11 is 0. The maximum absolute atomic E-state index is 12.6. The third kappa shape index (κ3) is 4.77. The molecule has 0 saturated carbocycles. The van der Waals surface area contributed by atoms with Crippen molar-refractivity contribution in [2.75, 3.05) is 24.8 Å². The summed E-state index contributed by atoms with van der Waals surface area (Å²) in [6.07, 6.45) is 6.14. The van der Waals surface area contributed by atoms with E-state index < -0.39 is 5.91 Å². The Morgan fingerprint density at radius 1 is 1.08 bits per heavy atom. The van der Waals surface area contributed by atoms with Crippen LogP contribution in [0.2, 0.25) is 0 Å². The third-order valence-corrected chi connectivity index (χ3v) is 5.39. The molecule has 4 aromatic heterocycles. The molecule has 5 rings (SSSR count). The van der Waals surface area contributed by atoms with E-state index in [-0.39, 0.29) is 18.3 Å². The van der Waals surface area contributed by atoms with Gasteiger partial charge in [0.15, 0.2) is 5.65 Å². The molecular formula is C26H20N8O3. The van der Waals surface area contributed by atoms with E-state index in [4.69, 9.17) is 15.6 Å². The number of nitrogens with two attached hydrogens (primary N) is 1. The van der Waals surface area contributed by atoms with Crippen LogP contribution in [0.1, 0.15) is 15.2 Å². The van der Waals surface area contributed by atoms with Crippen LogP contribution in [0.5, 0.6) is 0 Å². The van der Waals surface area contributed by atoms with Gasteiger partial charge in [0.05, 0.1) is 11.1 Å². The van der Waals surface area contributed by atoms with E-state index >= 15 is 0 Å². The summed E-state index contributed by atoms with van der Waals surface area (Å²) in [6, 6.07) is 13.9. The van der Waals surface area contributed by atoms with Gasteiger partial charge < -0.3 is 15.8 Å². The lowest BCUT2D eigenvalue weighted by molar-refractivity contribution is 0.0978. The zero-order chi connectivity index (χ0) is 25.8. The van der Waals surface area contributed by atoms with Gasteiger partial charge in [-0.1, -0.05) is 24.1 Å².